The molecule has 6 heteroatoms. The van der Waals surface area contributed by atoms with Crippen molar-refractivity contribution in [3.63, 3.8) is 0 Å². The smallest absolute Gasteiger partial charge is 0.267 e. The lowest BCUT2D eigenvalue weighted by Crippen LogP contribution is -2.16. The van der Waals surface area contributed by atoms with E-state index in [0.29, 0.717) is 9.90 Å². The lowest BCUT2D eigenvalue weighted by molar-refractivity contribution is 0.0955. The Morgan fingerprint density at radius 3 is 3.05 bits per heavy atom. The molecule has 0 aliphatic carbocycles. The molecule has 2 aromatic rings. The highest BCUT2D eigenvalue weighted by Gasteiger charge is 2.07. The van der Waals surface area contributed by atoms with Gasteiger partial charge in [0.15, 0.2) is 0 Å². The van der Waals surface area contributed by atoms with Crippen molar-refractivity contribution in [2.75, 3.05) is 0 Å². The molecule has 3 nitrogen and oxygen atoms in total. The van der Waals surface area contributed by atoms with E-state index < -0.39 is 0 Å². The molecule has 0 unspecified atom stereocenters. The molecule has 0 atom stereocenters. The van der Waals surface area contributed by atoms with Crippen LogP contribution in [-0.4, -0.2) is 12.1 Å². The first-order valence-corrected chi connectivity index (χ1v) is 7.92. The Hall–Kier alpha value is -1.17. The van der Waals surface area contributed by atoms with E-state index in [1.54, 1.807) is 23.6 Å². The number of nitrogens with zero attached hydrogens (tertiary/aromatic N) is 1. The van der Waals surface area contributed by atoms with Gasteiger partial charge >= 0.3 is 0 Å². The van der Waals surface area contributed by atoms with Crippen LogP contribution in [0, 0.1) is 0 Å². The van der Waals surface area contributed by atoms with Gasteiger partial charge in [-0.1, -0.05) is 24.9 Å². The maximum absolute atomic E-state index is 11.8. The van der Waals surface area contributed by atoms with Crippen LogP contribution in [0.25, 0.3) is 0 Å². The molecular formula is C13H13ClN2OS2. The number of halogens is 1. The predicted molar refractivity (Wildman–Crippen MR) is 82.7 cm³/mol. The molecule has 0 aliphatic rings. The van der Waals surface area contributed by atoms with Crippen LogP contribution < -0.4 is 5.43 Å². The van der Waals surface area contributed by atoms with Crippen LogP contribution in [0.3, 0.4) is 0 Å². The summed E-state index contributed by atoms with van der Waals surface area (Å²) in [5.74, 6) is -0.183. The number of nitrogens with one attached hydrogen (secondary N) is 1. The van der Waals surface area contributed by atoms with Crippen molar-refractivity contribution in [2.24, 2.45) is 5.10 Å². The molecule has 0 bridgehead atoms. The van der Waals surface area contributed by atoms with Crippen LogP contribution in [0.15, 0.2) is 28.7 Å². The van der Waals surface area contributed by atoms with E-state index in [9.17, 15) is 4.79 Å². The van der Waals surface area contributed by atoms with Gasteiger partial charge in [-0.15, -0.1) is 22.7 Å². The Kier molecular flexibility index (Phi) is 5.13. The molecule has 100 valence electrons. The molecule has 0 spiro atoms. The SMILES string of the molecule is CCCc1cc(C(=O)NN=Cc2ccc(Cl)s2)cs1. The third-order valence-corrected chi connectivity index (χ3v) is 4.53. The summed E-state index contributed by atoms with van der Waals surface area (Å²) in [5, 5.41) is 5.78. The lowest BCUT2D eigenvalue weighted by atomic mass is 10.2. The summed E-state index contributed by atoms with van der Waals surface area (Å²) in [6.45, 7) is 2.12. The molecule has 0 aromatic carbocycles. The van der Waals surface area contributed by atoms with Crippen LogP contribution in [-0.2, 0) is 6.42 Å². The third-order valence-electron chi connectivity index (χ3n) is 2.36. The fourth-order valence-electron chi connectivity index (χ4n) is 1.49. The third kappa shape index (κ3) is 4.16. The molecule has 0 saturated carbocycles. The van der Waals surface area contributed by atoms with Crippen molar-refractivity contribution in [1.82, 2.24) is 5.43 Å². The van der Waals surface area contributed by atoms with Gasteiger partial charge < -0.3 is 0 Å². The predicted octanol–water partition coefficient (Wildman–Crippen LogP) is 4.18. The number of hydrazone groups is 1. The highest BCUT2D eigenvalue weighted by molar-refractivity contribution is 7.17. The van der Waals surface area contributed by atoms with Crippen molar-refractivity contribution in [2.45, 2.75) is 19.8 Å². The lowest BCUT2D eigenvalue weighted by Gasteiger charge is -1.95. The highest BCUT2D eigenvalue weighted by atomic mass is 35.5. The summed E-state index contributed by atoms with van der Waals surface area (Å²) in [6, 6.07) is 5.57. The highest BCUT2D eigenvalue weighted by Crippen LogP contribution is 2.19. The molecule has 0 fully saturated rings. The molecular weight excluding hydrogens is 300 g/mol. The minimum Gasteiger partial charge on any atom is -0.267 e. The summed E-state index contributed by atoms with van der Waals surface area (Å²) in [6.07, 6.45) is 3.68. The summed E-state index contributed by atoms with van der Waals surface area (Å²) in [4.78, 5) is 13.9. The van der Waals surface area contributed by atoms with Gasteiger partial charge in [0.05, 0.1) is 16.1 Å². The van der Waals surface area contributed by atoms with Gasteiger partial charge in [-0.25, -0.2) is 5.43 Å². The topological polar surface area (TPSA) is 41.5 Å². The van der Waals surface area contributed by atoms with Gasteiger partial charge in [-0.2, -0.15) is 5.10 Å². The van der Waals surface area contributed by atoms with Crippen LogP contribution >= 0.6 is 34.3 Å². The number of rotatable bonds is 5. The molecule has 2 heterocycles. The van der Waals surface area contributed by atoms with Crippen molar-refractivity contribution in [3.8, 4) is 0 Å². The summed E-state index contributed by atoms with van der Waals surface area (Å²) < 4.78 is 0.704. The fourth-order valence-corrected chi connectivity index (χ4v) is 3.40. The summed E-state index contributed by atoms with van der Waals surface area (Å²) in [7, 11) is 0. The zero-order chi connectivity index (χ0) is 13.7. The molecule has 0 aliphatic heterocycles. The Bertz CT molecular complexity index is 589. The van der Waals surface area contributed by atoms with Crippen molar-refractivity contribution in [3.05, 3.63) is 43.2 Å². The van der Waals surface area contributed by atoms with Crippen LogP contribution in [0.2, 0.25) is 4.34 Å². The average molecular weight is 313 g/mol. The zero-order valence-corrected chi connectivity index (χ0v) is 12.7. The van der Waals surface area contributed by atoms with Gasteiger partial charge in [-0.05, 0) is 24.6 Å². The summed E-state index contributed by atoms with van der Waals surface area (Å²) in [5.41, 5.74) is 3.17. The van der Waals surface area contributed by atoms with E-state index in [4.69, 9.17) is 11.6 Å². The average Bonchev–Trinajstić information content (AvgIpc) is 2.99. The second-order valence-corrected chi connectivity index (χ2v) is 6.64. The van der Waals surface area contributed by atoms with Gasteiger partial charge in [0.1, 0.15) is 0 Å². The first-order chi connectivity index (χ1) is 9.19. The minimum absolute atomic E-state index is 0.183. The fraction of sp³-hybridized carbons (Fsp3) is 0.231. The van der Waals surface area contributed by atoms with Crippen LogP contribution in [0.1, 0.15) is 33.5 Å². The zero-order valence-electron chi connectivity index (χ0n) is 10.4. The standard InChI is InChI=1S/C13H13ClN2OS2/c1-2-3-10-6-9(8-18-10)13(17)16-15-7-11-4-5-12(14)19-11/h4-8H,2-3H2,1H3,(H,16,17). The second-order valence-electron chi connectivity index (χ2n) is 3.89. The van der Waals surface area contributed by atoms with Crippen molar-refractivity contribution in [1.29, 1.82) is 0 Å². The Balaban J connectivity index is 1.91. The number of hydrogen-bond donors (Lipinski definition) is 1. The second kappa shape index (κ2) is 6.84. The van der Waals surface area contributed by atoms with Crippen LogP contribution in [0.5, 0.6) is 0 Å². The summed E-state index contributed by atoms with van der Waals surface area (Å²) >= 11 is 8.82. The monoisotopic (exact) mass is 312 g/mol. The quantitative estimate of drug-likeness (QED) is 0.653. The Morgan fingerprint density at radius 2 is 2.37 bits per heavy atom. The van der Waals surface area contributed by atoms with Crippen molar-refractivity contribution < 1.29 is 4.79 Å². The van der Waals surface area contributed by atoms with E-state index in [2.05, 4.69) is 17.5 Å². The molecule has 2 aromatic heterocycles. The van der Waals surface area contributed by atoms with Gasteiger partial charge in [0.25, 0.3) is 5.91 Å². The number of amides is 1. The molecule has 19 heavy (non-hydrogen) atoms. The number of thiophene rings is 2. The normalized spacial score (nSPS) is 11.1. The minimum atomic E-state index is -0.183. The number of aryl methyl sites for hydroxylation is 1. The van der Waals surface area contributed by atoms with E-state index in [-0.39, 0.29) is 5.91 Å². The Labute approximate surface area is 124 Å². The van der Waals surface area contributed by atoms with E-state index in [1.807, 2.05) is 17.5 Å². The molecule has 2 rings (SSSR count). The number of carbonyl (C=O) groups is 1. The van der Waals surface area contributed by atoms with Crippen molar-refractivity contribution >= 4 is 46.4 Å². The Morgan fingerprint density at radius 1 is 1.53 bits per heavy atom. The first-order valence-electron chi connectivity index (χ1n) is 5.85. The number of carbonyl (C=O) groups excluding carboxylic acids is 1. The molecule has 1 N–H and O–H groups in total. The van der Waals surface area contributed by atoms with Gasteiger partial charge in [0.2, 0.25) is 0 Å². The van der Waals surface area contributed by atoms with Gasteiger partial charge in [0, 0.05) is 15.1 Å². The first kappa shape index (κ1) is 14.2. The maximum Gasteiger partial charge on any atom is 0.272 e. The molecule has 0 radical (unpaired) electrons. The molecule has 0 saturated heterocycles. The van der Waals surface area contributed by atoms with E-state index in [1.165, 1.54) is 16.2 Å². The molecule has 1 amide bonds. The maximum atomic E-state index is 11.8. The number of hydrogen-bond acceptors (Lipinski definition) is 4. The van der Waals surface area contributed by atoms with E-state index in [0.717, 1.165) is 17.7 Å². The van der Waals surface area contributed by atoms with Crippen LogP contribution in [0.4, 0.5) is 0 Å². The van der Waals surface area contributed by atoms with E-state index >= 15 is 0 Å². The van der Waals surface area contributed by atoms with Gasteiger partial charge in [-0.3, -0.25) is 4.79 Å². The largest absolute Gasteiger partial charge is 0.272 e.